The van der Waals surface area contributed by atoms with Crippen LogP contribution in [0.15, 0.2) is 0 Å². The van der Waals surface area contributed by atoms with Gasteiger partial charge in [0, 0.05) is 25.9 Å². The van der Waals surface area contributed by atoms with Gasteiger partial charge in [0.15, 0.2) is 6.23 Å². The normalized spacial score (nSPS) is 31.0. The standard InChI is InChI=1S/C12H26NO2/c1-3-4-10-15-11-6-9-13(2)8-5-7-12(13)14/h12,14H,3-11H2,1-2H3/q+1. The number of aliphatic hydroxyl groups excluding tert-OH is 1. The van der Waals surface area contributed by atoms with Crippen LogP contribution in [0, 0.1) is 0 Å². The molecule has 0 bridgehead atoms. The molecule has 0 aromatic rings. The molecule has 1 fully saturated rings. The molecule has 0 aliphatic carbocycles. The highest BCUT2D eigenvalue weighted by molar-refractivity contribution is 4.56. The first kappa shape index (κ1) is 12.9. The van der Waals surface area contributed by atoms with Gasteiger partial charge in [-0.05, 0) is 6.42 Å². The summed E-state index contributed by atoms with van der Waals surface area (Å²) >= 11 is 0. The Kier molecular flexibility index (Phi) is 5.58. The van der Waals surface area contributed by atoms with Crippen molar-refractivity contribution in [1.29, 1.82) is 0 Å². The van der Waals surface area contributed by atoms with Crippen molar-refractivity contribution in [3.63, 3.8) is 0 Å². The maximum atomic E-state index is 9.82. The van der Waals surface area contributed by atoms with Crippen LogP contribution in [-0.2, 0) is 4.74 Å². The van der Waals surface area contributed by atoms with Crippen LogP contribution >= 0.6 is 0 Å². The minimum atomic E-state index is -0.138. The Labute approximate surface area is 93.6 Å². The summed E-state index contributed by atoms with van der Waals surface area (Å²) in [6.07, 6.45) is 5.42. The molecule has 0 radical (unpaired) electrons. The average Bonchev–Trinajstić information content (AvgIpc) is 2.54. The highest BCUT2D eigenvalue weighted by Gasteiger charge is 2.35. The van der Waals surface area contributed by atoms with Crippen LogP contribution in [0.1, 0.15) is 39.0 Å². The smallest absolute Gasteiger partial charge is 0.190 e. The molecule has 1 aliphatic rings. The van der Waals surface area contributed by atoms with Crippen LogP contribution in [0.4, 0.5) is 0 Å². The summed E-state index contributed by atoms with van der Waals surface area (Å²) < 4.78 is 6.35. The van der Waals surface area contributed by atoms with Crippen molar-refractivity contribution in [3.05, 3.63) is 0 Å². The zero-order valence-corrected chi connectivity index (χ0v) is 10.2. The zero-order chi connectivity index (χ0) is 11.1. The van der Waals surface area contributed by atoms with Gasteiger partial charge in [-0.25, -0.2) is 0 Å². The third kappa shape index (κ3) is 4.09. The van der Waals surface area contributed by atoms with E-state index in [0.29, 0.717) is 0 Å². The van der Waals surface area contributed by atoms with E-state index in [-0.39, 0.29) is 6.23 Å². The monoisotopic (exact) mass is 216 g/mol. The molecule has 15 heavy (non-hydrogen) atoms. The van der Waals surface area contributed by atoms with Gasteiger partial charge in [0.1, 0.15) is 0 Å². The lowest BCUT2D eigenvalue weighted by molar-refractivity contribution is -0.941. The van der Waals surface area contributed by atoms with Gasteiger partial charge in [0.2, 0.25) is 0 Å². The molecule has 3 nitrogen and oxygen atoms in total. The van der Waals surface area contributed by atoms with E-state index >= 15 is 0 Å². The van der Waals surface area contributed by atoms with Crippen LogP contribution in [-0.4, -0.2) is 49.2 Å². The number of hydrogen-bond acceptors (Lipinski definition) is 2. The molecule has 1 heterocycles. The first-order valence-electron chi connectivity index (χ1n) is 6.29. The summed E-state index contributed by atoms with van der Waals surface area (Å²) in [5, 5.41) is 9.82. The number of rotatable bonds is 7. The van der Waals surface area contributed by atoms with Crippen molar-refractivity contribution in [1.82, 2.24) is 0 Å². The minimum absolute atomic E-state index is 0.138. The molecular weight excluding hydrogens is 190 g/mol. The van der Waals surface area contributed by atoms with Gasteiger partial charge in [-0.1, -0.05) is 13.3 Å². The third-order valence-electron chi connectivity index (χ3n) is 3.45. The number of likely N-dealkylation sites (tertiary alicyclic amines) is 1. The quantitative estimate of drug-likeness (QED) is 0.519. The van der Waals surface area contributed by atoms with E-state index in [9.17, 15) is 5.11 Å². The molecule has 0 aromatic heterocycles. The molecule has 0 aromatic carbocycles. The second-order valence-corrected chi connectivity index (χ2v) is 4.87. The lowest BCUT2D eigenvalue weighted by Gasteiger charge is -2.32. The van der Waals surface area contributed by atoms with Gasteiger partial charge in [0.05, 0.1) is 26.7 Å². The first-order valence-corrected chi connectivity index (χ1v) is 6.29. The van der Waals surface area contributed by atoms with E-state index in [2.05, 4.69) is 14.0 Å². The van der Waals surface area contributed by atoms with Crippen LogP contribution in [0.2, 0.25) is 0 Å². The van der Waals surface area contributed by atoms with Crippen molar-refractivity contribution < 1.29 is 14.3 Å². The summed E-state index contributed by atoms with van der Waals surface area (Å²) in [7, 11) is 2.16. The van der Waals surface area contributed by atoms with E-state index in [0.717, 1.165) is 56.5 Å². The second kappa shape index (κ2) is 6.46. The highest BCUT2D eigenvalue weighted by atomic mass is 16.5. The highest BCUT2D eigenvalue weighted by Crippen LogP contribution is 2.22. The molecule has 0 saturated carbocycles. The van der Waals surface area contributed by atoms with E-state index in [4.69, 9.17) is 4.74 Å². The lowest BCUT2D eigenvalue weighted by atomic mass is 10.3. The van der Waals surface area contributed by atoms with E-state index in [1.807, 2.05) is 0 Å². The van der Waals surface area contributed by atoms with E-state index in [1.54, 1.807) is 0 Å². The third-order valence-corrected chi connectivity index (χ3v) is 3.45. The largest absolute Gasteiger partial charge is 0.381 e. The number of ether oxygens (including phenoxy) is 1. The van der Waals surface area contributed by atoms with Gasteiger partial charge >= 0.3 is 0 Å². The molecule has 90 valence electrons. The topological polar surface area (TPSA) is 29.5 Å². The first-order chi connectivity index (χ1) is 7.19. The summed E-state index contributed by atoms with van der Waals surface area (Å²) in [6, 6.07) is 0. The Morgan fingerprint density at radius 1 is 1.33 bits per heavy atom. The zero-order valence-electron chi connectivity index (χ0n) is 10.2. The summed E-state index contributed by atoms with van der Waals surface area (Å²) in [5.74, 6) is 0. The molecule has 1 N–H and O–H groups in total. The fourth-order valence-electron chi connectivity index (χ4n) is 2.23. The van der Waals surface area contributed by atoms with Crippen LogP contribution in [0.3, 0.4) is 0 Å². The Morgan fingerprint density at radius 2 is 2.07 bits per heavy atom. The Bertz CT molecular complexity index is 175. The summed E-state index contributed by atoms with van der Waals surface area (Å²) in [6.45, 7) is 6.09. The summed E-state index contributed by atoms with van der Waals surface area (Å²) in [4.78, 5) is 0. The number of aliphatic hydroxyl groups is 1. The minimum Gasteiger partial charge on any atom is -0.381 e. The molecular formula is C12H26NO2+. The Morgan fingerprint density at radius 3 is 2.67 bits per heavy atom. The SMILES string of the molecule is CCCCOCCC[N+]1(C)CCCC1O. The molecule has 0 spiro atoms. The van der Waals surface area contributed by atoms with Gasteiger partial charge in [-0.3, -0.25) is 0 Å². The van der Waals surface area contributed by atoms with Crippen LogP contribution < -0.4 is 0 Å². The van der Waals surface area contributed by atoms with Crippen LogP contribution in [0.25, 0.3) is 0 Å². The number of nitrogens with zero attached hydrogens (tertiary/aromatic N) is 1. The van der Waals surface area contributed by atoms with Crippen molar-refractivity contribution in [2.75, 3.05) is 33.4 Å². The fourth-order valence-corrected chi connectivity index (χ4v) is 2.23. The van der Waals surface area contributed by atoms with Crippen molar-refractivity contribution in [3.8, 4) is 0 Å². The Balaban J connectivity index is 2.04. The molecule has 0 amide bonds. The Hall–Kier alpha value is -0.120. The predicted molar refractivity (Wildman–Crippen MR) is 61.5 cm³/mol. The van der Waals surface area contributed by atoms with Gasteiger partial charge in [-0.15, -0.1) is 0 Å². The van der Waals surface area contributed by atoms with Crippen LogP contribution in [0.5, 0.6) is 0 Å². The number of unbranched alkanes of at least 4 members (excludes halogenated alkanes) is 1. The molecule has 1 aliphatic heterocycles. The van der Waals surface area contributed by atoms with Crippen molar-refractivity contribution in [2.45, 2.75) is 45.3 Å². The molecule has 2 atom stereocenters. The van der Waals surface area contributed by atoms with E-state index < -0.39 is 0 Å². The van der Waals surface area contributed by atoms with Gasteiger partial charge in [0.25, 0.3) is 0 Å². The maximum absolute atomic E-state index is 9.82. The summed E-state index contributed by atoms with van der Waals surface area (Å²) in [5.41, 5.74) is 0. The molecule has 3 heteroatoms. The van der Waals surface area contributed by atoms with Gasteiger partial charge in [-0.2, -0.15) is 0 Å². The maximum Gasteiger partial charge on any atom is 0.190 e. The van der Waals surface area contributed by atoms with Crippen molar-refractivity contribution in [2.24, 2.45) is 0 Å². The molecule has 2 unspecified atom stereocenters. The number of hydrogen-bond donors (Lipinski definition) is 1. The fraction of sp³-hybridized carbons (Fsp3) is 1.00. The predicted octanol–water partition coefficient (Wildman–Crippen LogP) is 1.75. The molecule has 1 saturated heterocycles. The lowest BCUT2D eigenvalue weighted by Crippen LogP contribution is -2.48. The second-order valence-electron chi connectivity index (χ2n) is 4.87. The average molecular weight is 216 g/mol. The number of quaternary nitrogens is 1. The van der Waals surface area contributed by atoms with E-state index in [1.165, 1.54) is 6.42 Å². The molecule has 1 rings (SSSR count). The van der Waals surface area contributed by atoms with Crippen molar-refractivity contribution >= 4 is 0 Å². The van der Waals surface area contributed by atoms with Gasteiger partial charge < -0.3 is 14.3 Å².